The minimum Gasteiger partial charge on any atom is -0.321 e. The number of aromatic nitrogens is 3. The van der Waals surface area contributed by atoms with Crippen LogP contribution in [0.25, 0.3) is 0 Å². The van der Waals surface area contributed by atoms with Crippen LogP contribution in [0.1, 0.15) is 37.7 Å². The van der Waals surface area contributed by atoms with E-state index >= 15 is 0 Å². The second-order valence-electron chi connectivity index (χ2n) is 6.23. The third-order valence-corrected chi connectivity index (χ3v) is 3.48. The van der Waals surface area contributed by atoms with Gasteiger partial charge in [-0.15, -0.1) is 10.2 Å². The fraction of sp³-hybridized carbons (Fsp3) is 0.500. The van der Waals surface area contributed by atoms with Crippen molar-refractivity contribution >= 4 is 0 Å². The van der Waals surface area contributed by atoms with Gasteiger partial charge < -0.3 is 9.88 Å². The molecule has 0 aliphatic heterocycles. The van der Waals surface area contributed by atoms with E-state index in [1.165, 1.54) is 11.1 Å². The normalized spacial score (nSPS) is 11.8. The van der Waals surface area contributed by atoms with Crippen LogP contribution in [0.5, 0.6) is 0 Å². The number of benzene rings is 1. The molecular weight excluding hydrogens is 248 g/mol. The van der Waals surface area contributed by atoms with Gasteiger partial charge in [0.05, 0.1) is 0 Å². The molecule has 108 valence electrons. The summed E-state index contributed by atoms with van der Waals surface area (Å²) >= 11 is 0. The lowest BCUT2D eigenvalue weighted by molar-refractivity contribution is 0.589. The zero-order valence-electron chi connectivity index (χ0n) is 12.8. The molecule has 0 saturated carbocycles. The predicted molar refractivity (Wildman–Crippen MR) is 81.6 cm³/mol. The summed E-state index contributed by atoms with van der Waals surface area (Å²) in [5, 5.41) is 11.4. The molecule has 4 nitrogen and oxygen atoms in total. The fourth-order valence-electron chi connectivity index (χ4n) is 2.09. The van der Waals surface area contributed by atoms with E-state index in [1.54, 1.807) is 6.33 Å². The molecule has 20 heavy (non-hydrogen) atoms. The van der Waals surface area contributed by atoms with Gasteiger partial charge in [-0.1, -0.05) is 45.0 Å². The highest BCUT2D eigenvalue weighted by atomic mass is 15.2. The monoisotopic (exact) mass is 272 g/mol. The minimum absolute atomic E-state index is 0.219. The van der Waals surface area contributed by atoms with Crippen molar-refractivity contribution in [1.29, 1.82) is 0 Å². The van der Waals surface area contributed by atoms with Gasteiger partial charge in [0.2, 0.25) is 0 Å². The van der Waals surface area contributed by atoms with Crippen LogP contribution >= 0.6 is 0 Å². The van der Waals surface area contributed by atoms with Gasteiger partial charge in [0.1, 0.15) is 12.2 Å². The van der Waals surface area contributed by atoms with Gasteiger partial charge in [-0.2, -0.15) is 0 Å². The molecule has 1 heterocycles. The van der Waals surface area contributed by atoms with Gasteiger partial charge in [-0.3, -0.25) is 0 Å². The van der Waals surface area contributed by atoms with Gasteiger partial charge in [0, 0.05) is 26.6 Å². The summed E-state index contributed by atoms with van der Waals surface area (Å²) in [5.41, 5.74) is 2.91. The Balaban J connectivity index is 1.78. The summed E-state index contributed by atoms with van der Waals surface area (Å²) in [6.45, 7) is 8.51. The number of hydrogen-bond acceptors (Lipinski definition) is 3. The maximum Gasteiger partial charge on any atom is 0.133 e. The van der Waals surface area contributed by atoms with E-state index < -0.39 is 0 Å². The summed E-state index contributed by atoms with van der Waals surface area (Å²) in [5.74, 6) is 1.01. The van der Waals surface area contributed by atoms with Crippen LogP contribution in [0.2, 0.25) is 0 Å². The molecule has 0 atom stereocenters. The Kier molecular flexibility index (Phi) is 4.55. The van der Waals surface area contributed by atoms with E-state index in [-0.39, 0.29) is 5.41 Å². The summed E-state index contributed by atoms with van der Waals surface area (Å²) in [6, 6.07) is 8.85. The molecule has 0 aliphatic carbocycles. The maximum atomic E-state index is 4.07. The fourth-order valence-corrected chi connectivity index (χ4v) is 2.09. The Morgan fingerprint density at radius 2 is 1.85 bits per heavy atom. The summed E-state index contributed by atoms with van der Waals surface area (Å²) in [4.78, 5) is 0. The van der Waals surface area contributed by atoms with Crippen molar-refractivity contribution in [2.75, 3.05) is 6.54 Å². The molecule has 0 aliphatic rings. The molecule has 1 N–H and O–H groups in total. The molecule has 0 amide bonds. The number of aryl methyl sites for hydroxylation is 1. The Morgan fingerprint density at radius 3 is 2.40 bits per heavy atom. The number of nitrogens with one attached hydrogen (secondary N) is 1. The Bertz CT molecular complexity index is 534. The quantitative estimate of drug-likeness (QED) is 0.850. The van der Waals surface area contributed by atoms with E-state index in [9.17, 15) is 0 Å². The van der Waals surface area contributed by atoms with Crippen molar-refractivity contribution in [2.24, 2.45) is 7.05 Å². The smallest absolute Gasteiger partial charge is 0.133 e. The van der Waals surface area contributed by atoms with E-state index in [0.717, 1.165) is 25.3 Å². The van der Waals surface area contributed by atoms with Gasteiger partial charge in [0.25, 0.3) is 0 Å². The Hall–Kier alpha value is -1.68. The van der Waals surface area contributed by atoms with Crippen LogP contribution in [0.4, 0.5) is 0 Å². The molecule has 2 rings (SSSR count). The standard InChI is InChI=1S/C16H24N4/c1-16(2,3)14-7-5-13(6-8-14)11-17-10-9-15-19-18-12-20(15)4/h5-8,12,17H,9-11H2,1-4H3. The maximum absolute atomic E-state index is 4.07. The molecule has 0 saturated heterocycles. The SMILES string of the molecule is Cn1cnnc1CCNCc1ccc(C(C)(C)C)cc1. The average molecular weight is 272 g/mol. The van der Waals surface area contributed by atoms with Gasteiger partial charge in [-0.05, 0) is 16.5 Å². The molecule has 0 radical (unpaired) electrons. The molecule has 2 aromatic rings. The lowest BCUT2D eigenvalue weighted by Crippen LogP contribution is -2.18. The number of rotatable bonds is 5. The zero-order valence-corrected chi connectivity index (χ0v) is 12.8. The van der Waals surface area contributed by atoms with Crippen LogP contribution in [0, 0.1) is 0 Å². The molecule has 0 spiro atoms. The zero-order chi connectivity index (χ0) is 14.6. The van der Waals surface area contributed by atoms with Crippen LogP contribution in [-0.2, 0) is 25.4 Å². The van der Waals surface area contributed by atoms with E-state index in [4.69, 9.17) is 0 Å². The third kappa shape index (κ3) is 3.90. The summed E-state index contributed by atoms with van der Waals surface area (Å²) < 4.78 is 1.96. The van der Waals surface area contributed by atoms with Crippen molar-refractivity contribution in [3.63, 3.8) is 0 Å². The summed E-state index contributed by atoms with van der Waals surface area (Å²) in [7, 11) is 1.97. The average Bonchev–Trinajstić information content (AvgIpc) is 2.80. The summed E-state index contributed by atoms with van der Waals surface area (Å²) in [6.07, 6.45) is 2.64. The first-order chi connectivity index (χ1) is 9.47. The second-order valence-corrected chi connectivity index (χ2v) is 6.23. The minimum atomic E-state index is 0.219. The van der Waals surface area contributed by atoms with Crippen LogP contribution in [0.3, 0.4) is 0 Å². The second kappa shape index (κ2) is 6.18. The van der Waals surface area contributed by atoms with Crippen molar-refractivity contribution in [1.82, 2.24) is 20.1 Å². The van der Waals surface area contributed by atoms with E-state index in [0.29, 0.717) is 0 Å². The van der Waals surface area contributed by atoms with Crippen molar-refractivity contribution in [3.8, 4) is 0 Å². The molecule has 0 unspecified atom stereocenters. The first-order valence-corrected chi connectivity index (χ1v) is 7.10. The van der Waals surface area contributed by atoms with Crippen LogP contribution in [-0.4, -0.2) is 21.3 Å². The van der Waals surface area contributed by atoms with Gasteiger partial charge in [-0.25, -0.2) is 0 Å². The highest BCUT2D eigenvalue weighted by Gasteiger charge is 2.12. The Morgan fingerprint density at radius 1 is 1.15 bits per heavy atom. The lowest BCUT2D eigenvalue weighted by atomic mass is 9.87. The first kappa shape index (κ1) is 14.7. The van der Waals surface area contributed by atoms with Crippen LogP contribution < -0.4 is 5.32 Å². The lowest BCUT2D eigenvalue weighted by Gasteiger charge is -2.19. The first-order valence-electron chi connectivity index (χ1n) is 7.10. The van der Waals surface area contributed by atoms with Crippen molar-refractivity contribution in [2.45, 2.75) is 39.2 Å². The number of nitrogens with zero attached hydrogens (tertiary/aromatic N) is 3. The largest absolute Gasteiger partial charge is 0.321 e. The predicted octanol–water partition coefficient (Wildman–Crippen LogP) is 2.44. The molecule has 0 bridgehead atoms. The molecular formula is C16H24N4. The molecule has 1 aromatic carbocycles. The molecule has 4 heteroatoms. The van der Waals surface area contributed by atoms with Crippen molar-refractivity contribution in [3.05, 3.63) is 47.5 Å². The van der Waals surface area contributed by atoms with Crippen molar-refractivity contribution < 1.29 is 0 Å². The third-order valence-electron chi connectivity index (χ3n) is 3.48. The Labute approximate surface area is 121 Å². The molecule has 0 fully saturated rings. The van der Waals surface area contributed by atoms with E-state index in [1.807, 2.05) is 11.6 Å². The molecule has 1 aromatic heterocycles. The number of hydrogen-bond donors (Lipinski definition) is 1. The van der Waals surface area contributed by atoms with Gasteiger partial charge >= 0.3 is 0 Å². The highest BCUT2D eigenvalue weighted by Crippen LogP contribution is 2.22. The topological polar surface area (TPSA) is 42.7 Å². The highest BCUT2D eigenvalue weighted by molar-refractivity contribution is 5.27. The van der Waals surface area contributed by atoms with Crippen LogP contribution in [0.15, 0.2) is 30.6 Å². The van der Waals surface area contributed by atoms with E-state index in [2.05, 4.69) is 60.6 Å². The van der Waals surface area contributed by atoms with Gasteiger partial charge in [0.15, 0.2) is 0 Å².